The average molecular weight is 434 g/mol. The van der Waals surface area contributed by atoms with Crippen molar-refractivity contribution in [2.24, 2.45) is 0 Å². The van der Waals surface area contributed by atoms with Crippen LogP contribution >= 0.6 is 31.9 Å². The van der Waals surface area contributed by atoms with E-state index < -0.39 is 6.10 Å². The first-order chi connectivity index (χ1) is 10.5. The topological polar surface area (TPSA) is 58.6 Å². The van der Waals surface area contributed by atoms with Crippen molar-refractivity contribution in [2.45, 2.75) is 25.9 Å². The molecule has 0 aromatic heterocycles. The molecule has 1 aliphatic rings. The van der Waals surface area contributed by atoms with Gasteiger partial charge in [0.2, 0.25) is 5.91 Å². The van der Waals surface area contributed by atoms with Crippen LogP contribution in [0.5, 0.6) is 0 Å². The van der Waals surface area contributed by atoms with Crippen LogP contribution in [-0.2, 0) is 14.3 Å². The van der Waals surface area contributed by atoms with Gasteiger partial charge in [0.05, 0.1) is 18.7 Å². The number of morpholine rings is 1. The number of anilines is 1. The number of nitrogens with zero attached hydrogens (tertiary/aromatic N) is 1. The molecule has 0 saturated carbocycles. The summed E-state index contributed by atoms with van der Waals surface area (Å²) >= 11 is 6.75. The molecular weight excluding hydrogens is 416 g/mol. The van der Waals surface area contributed by atoms with E-state index in [0.717, 1.165) is 15.4 Å². The number of halogens is 2. The van der Waals surface area contributed by atoms with Crippen LogP contribution in [0, 0.1) is 0 Å². The van der Waals surface area contributed by atoms with Crippen LogP contribution in [0.15, 0.2) is 27.1 Å². The zero-order valence-electron chi connectivity index (χ0n) is 12.3. The fourth-order valence-electron chi connectivity index (χ4n) is 2.29. The lowest BCUT2D eigenvalue weighted by Crippen LogP contribution is -2.49. The Hall–Kier alpha value is -0.920. The molecule has 1 unspecified atom stereocenters. The summed E-state index contributed by atoms with van der Waals surface area (Å²) in [5.41, 5.74) is 0.668. The Labute approximate surface area is 146 Å². The van der Waals surface area contributed by atoms with Crippen molar-refractivity contribution in [1.82, 2.24) is 4.90 Å². The van der Waals surface area contributed by atoms with Crippen LogP contribution in [0.1, 0.15) is 19.8 Å². The molecule has 1 fully saturated rings. The maximum atomic E-state index is 12.2. The summed E-state index contributed by atoms with van der Waals surface area (Å²) in [5.74, 6) is -0.335. The second-order valence-electron chi connectivity index (χ2n) is 5.06. The summed E-state index contributed by atoms with van der Waals surface area (Å²) < 4.78 is 7.15. The second kappa shape index (κ2) is 8.08. The standard InChI is InChI=1S/C15H18Br2N2O3/c1-2-5-19-6-7-22-13(15(19)21)9-14(20)18-12-4-3-10(16)8-11(12)17/h3-4,8,13H,2,5-7,9H2,1H3,(H,18,20). The molecule has 1 N–H and O–H groups in total. The summed E-state index contributed by atoms with van der Waals surface area (Å²) in [7, 11) is 0. The average Bonchev–Trinajstić information content (AvgIpc) is 2.46. The Kier molecular flexibility index (Phi) is 6.40. The number of amides is 2. The van der Waals surface area contributed by atoms with Gasteiger partial charge in [-0.05, 0) is 40.5 Å². The zero-order chi connectivity index (χ0) is 16.1. The van der Waals surface area contributed by atoms with E-state index in [0.29, 0.717) is 25.4 Å². The molecule has 7 heteroatoms. The number of benzene rings is 1. The molecule has 1 aliphatic heterocycles. The van der Waals surface area contributed by atoms with E-state index in [-0.39, 0.29) is 18.2 Å². The Balaban J connectivity index is 1.95. The molecular formula is C15H18Br2N2O3. The number of carbonyl (C=O) groups excluding carboxylic acids is 2. The van der Waals surface area contributed by atoms with Gasteiger partial charge in [-0.1, -0.05) is 22.9 Å². The van der Waals surface area contributed by atoms with E-state index in [1.165, 1.54) is 0 Å². The first kappa shape index (κ1) is 17.4. The van der Waals surface area contributed by atoms with Crippen LogP contribution in [0.2, 0.25) is 0 Å². The fourth-order valence-corrected chi connectivity index (χ4v) is 3.44. The van der Waals surface area contributed by atoms with Crippen molar-refractivity contribution < 1.29 is 14.3 Å². The van der Waals surface area contributed by atoms with Crippen LogP contribution in [-0.4, -0.2) is 42.5 Å². The Bertz CT molecular complexity index is 564. The van der Waals surface area contributed by atoms with Gasteiger partial charge < -0.3 is 15.0 Å². The van der Waals surface area contributed by atoms with Gasteiger partial charge in [0.15, 0.2) is 0 Å². The van der Waals surface area contributed by atoms with E-state index in [9.17, 15) is 9.59 Å². The SMILES string of the molecule is CCCN1CCOC(CC(=O)Nc2ccc(Br)cc2Br)C1=O. The Morgan fingerprint density at radius 3 is 2.91 bits per heavy atom. The molecule has 120 valence electrons. The third kappa shape index (κ3) is 4.54. The van der Waals surface area contributed by atoms with E-state index >= 15 is 0 Å². The molecule has 1 aromatic rings. The normalized spacial score (nSPS) is 18.4. The van der Waals surface area contributed by atoms with Crippen LogP contribution in [0.3, 0.4) is 0 Å². The van der Waals surface area contributed by atoms with Crippen molar-refractivity contribution in [3.8, 4) is 0 Å². The van der Waals surface area contributed by atoms with E-state index in [1.807, 2.05) is 19.1 Å². The number of rotatable bonds is 5. The maximum Gasteiger partial charge on any atom is 0.252 e. The monoisotopic (exact) mass is 432 g/mol. The number of hydrogen-bond acceptors (Lipinski definition) is 3. The molecule has 22 heavy (non-hydrogen) atoms. The van der Waals surface area contributed by atoms with Crippen molar-refractivity contribution in [3.05, 3.63) is 27.1 Å². The van der Waals surface area contributed by atoms with Crippen molar-refractivity contribution in [2.75, 3.05) is 25.0 Å². The molecule has 1 saturated heterocycles. The van der Waals surface area contributed by atoms with Gasteiger partial charge in [-0.3, -0.25) is 9.59 Å². The van der Waals surface area contributed by atoms with Gasteiger partial charge >= 0.3 is 0 Å². The molecule has 0 spiro atoms. The lowest BCUT2D eigenvalue weighted by Gasteiger charge is -2.32. The summed E-state index contributed by atoms with van der Waals surface area (Å²) in [6.07, 6.45) is 0.243. The van der Waals surface area contributed by atoms with Crippen molar-refractivity contribution >= 4 is 49.4 Å². The van der Waals surface area contributed by atoms with Crippen LogP contribution in [0.4, 0.5) is 5.69 Å². The van der Waals surface area contributed by atoms with Crippen molar-refractivity contribution in [1.29, 1.82) is 0 Å². The molecule has 5 nitrogen and oxygen atoms in total. The minimum Gasteiger partial charge on any atom is -0.366 e. The molecule has 1 heterocycles. The van der Waals surface area contributed by atoms with Crippen LogP contribution in [0.25, 0.3) is 0 Å². The van der Waals surface area contributed by atoms with Gasteiger partial charge in [-0.25, -0.2) is 0 Å². The quantitative estimate of drug-likeness (QED) is 0.775. The number of carbonyl (C=O) groups is 2. The number of ether oxygens (including phenoxy) is 1. The summed E-state index contributed by atoms with van der Waals surface area (Å²) in [6.45, 7) is 3.81. The predicted octanol–water partition coefficient (Wildman–Crippen LogP) is 3.18. The first-order valence-corrected chi connectivity index (χ1v) is 8.75. The van der Waals surface area contributed by atoms with Gasteiger partial charge in [0, 0.05) is 22.0 Å². The number of hydrogen-bond donors (Lipinski definition) is 1. The molecule has 2 rings (SSSR count). The maximum absolute atomic E-state index is 12.2. The fraction of sp³-hybridized carbons (Fsp3) is 0.467. The Morgan fingerprint density at radius 2 is 2.23 bits per heavy atom. The summed E-state index contributed by atoms with van der Waals surface area (Å²) in [4.78, 5) is 26.1. The molecule has 2 amide bonds. The minimum absolute atomic E-state index is 0.0293. The van der Waals surface area contributed by atoms with E-state index in [1.54, 1.807) is 11.0 Å². The third-order valence-corrected chi connectivity index (χ3v) is 4.49. The largest absolute Gasteiger partial charge is 0.366 e. The van der Waals surface area contributed by atoms with Gasteiger partial charge in [-0.15, -0.1) is 0 Å². The third-order valence-electron chi connectivity index (χ3n) is 3.34. The molecule has 0 aliphatic carbocycles. The first-order valence-electron chi connectivity index (χ1n) is 7.16. The molecule has 0 bridgehead atoms. The van der Waals surface area contributed by atoms with E-state index in [2.05, 4.69) is 37.2 Å². The van der Waals surface area contributed by atoms with Crippen molar-refractivity contribution in [3.63, 3.8) is 0 Å². The lowest BCUT2D eigenvalue weighted by molar-refractivity contribution is -0.155. The van der Waals surface area contributed by atoms with Gasteiger partial charge in [0.25, 0.3) is 5.91 Å². The highest BCUT2D eigenvalue weighted by Crippen LogP contribution is 2.26. The number of nitrogens with one attached hydrogen (secondary N) is 1. The van der Waals surface area contributed by atoms with E-state index in [4.69, 9.17) is 4.74 Å². The van der Waals surface area contributed by atoms with Crippen LogP contribution < -0.4 is 5.32 Å². The summed E-state index contributed by atoms with van der Waals surface area (Å²) in [6, 6.07) is 5.48. The highest BCUT2D eigenvalue weighted by atomic mass is 79.9. The highest BCUT2D eigenvalue weighted by molar-refractivity contribution is 9.11. The smallest absolute Gasteiger partial charge is 0.252 e. The second-order valence-corrected chi connectivity index (χ2v) is 6.83. The highest BCUT2D eigenvalue weighted by Gasteiger charge is 2.30. The van der Waals surface area contributed by atoms with Gasteiger partial charge in [0.1, 0.15) is 6.10 Å². The molecule has 1 atom stereocenters. The minimum atomic E-state index is -0.686. The van der Waals surface area contributed by atoms with Gasteiger partial charge in [-0.2, -0.15) is 0 Å². The Morgan fingerprint density at radius 1 is 1.45 bits per heavy atom. The lowest BCUT2D eigenvalue weighted by atomic mass is 10.1. The zero-order valence-corrected chi connectivity index (χ0v) is 15.4. The summed E-state index contributed by atoms with van der Waals surface area (Å²) in [5, 5.41) is 2.79. The molecule has 1 aromatic carbocycles. The molecule has 0 radical (unpaired) electrons. The predicted molar refractivity (Wildman–Crippen MR) is 91.7 cm³/mol.